The van der Waals surface area contributed by atoms with E-state index in [0.717, 1.165) is 38.0 Å². The van der Waals surface area contributed by atoms with Gasteiger partial charge in [-0.05, 0) is 44.4 Å². The lowest BCUT2D eigenvalue weighted by Gasteiger charge is -2.26. The topological polar surface area (TPSA) is 45.5 Å². The molecule has 104 valence electrons. The predicted octanol–water partition coefficient (Wildman–Crippen LogP) is 2.30. The Balaban J connectivity index is 1.66. The molecule has 1 atom stereocenters. The Morgan fingerprint density at radius 2 is 2.21 bits per heavy atom. The molecule has 0 aromatic carbocycles. The van der Waals surface area contributed by atoms with Gasteiger partial charge in [0, 0.05) is 6.04 Å². The lowest BCUT2D eigenvalue weighted by molar-refractivity contribution is -0.135. The van der Waals surface area contributed by atoms with E-state index >= 15 is 0 Å². The number of amides is 1. The number of hydrogen-bond donors (Lipinski definition) is 1. The van der Waals surface area contributed by atoms with Gasteiger partial charge in [0.15, 0.2) is 0 Å². The molecular weight excluding hydrogens is 240 g/mol. The first-order chi connectivity index (χ1) is 9.34. The Labute approximate surface area is 114 Å². The molecule has 0 spiro atoms. The Hall–Kier alpha value is -1.29. The van der Waals surface area contributed by atoms with Crippen LogP contribution in [0.1, 0.15) is 44.3 Å². The molecule has 2 aliphatic rings. The van der Waals surface area contributed by atoms with Crippen molar-refractivity contribution >= 4 is 5.91 Å². The molecular formula is C15H22N2O2. The second-order valence-electron chi connectivity index (χ2n) is 5.63. The summed E-state index contributed by atoms with van der Waals surface area (Å²) in [5.41, 5.74) is 0. The summed E-state index contributed by atoms with van der Waals surface area (Å²) in [6.45, 7) is 1.59. The number of nitrogens with one attached hydrogen (secondary N) is 1. The molecule has 1 aromatic rings. The third kappa shape index (κ3) is 3.18. The molecule has 4 heteroatoms. The van der Waals surface area contributed by atoms with Crippen LogP contribution in [0.2, 0.25) is 0 Å². The van der Waals surface area contributed by atoms with Crippen LogP contribution in [0.4, 0.5) is 0 Å². The molecule has 0 bridgehead atoms. The van der Waals surface area contributed by atoms with Crippen molar-refractivity contribution in [3.8, 4) is 0 Å². The smallest absolute Gasteiger partial charge is 0.240 e. The summed E-state index contributed by atoms with van der Waals surface area (Å²) in [4.78, 5) is 14.7. The van der Waals surface area contributed by atoms with Crippen molar-refractivity contribution in [3.63, 3.8) is 0 Å². The minimum Gasteiger partial charge on any atom is -0.467 e. The van der Waals surface area contributed by atoms with E-state index in [1.165, 1.54) is 12.8 Å². The van der Waals surface area contributed by atoms with E-state index < -0.39 is 0 Å². The molecule has 1 saturated carbocycles. The van der Waals surface area contributed by atoms with Gasteiger partial charge in [0.05, 0.1) is 18.8 Å². The van der Waals surface area contributed by atoms with E-state index in [4.69, 9.17) is 4.42 Å². The average molecular weight is 262 g/mol. The standard InChI is InChI=1S/C15H22N2O2/c18-15(14-6-2-1-3-9-16-14)17(12-7-8-12)11-13-5-4-10-19-13/h4-5,10,12,14,16H,1-3,6-9,11H2. The van der Waals surface area contributed by atoms with E-state index in [0.29, 0.717) is 12.6 Å². The fraction of sp³-hybridized carbons (Fsp3) is 0.667. The SMILES string of the molecule is O=C(C1CCCCCN1)N(Cc1ccco1)C1CC1. The van der Waals surface area contributed by atoms with Crippen LogP contribution < -0.4 is 5.32 Å². The molecule has 1 N–H and O–H groups in total. The molecule has 2 fully saturated rings. The number of rotatable bonds is 4. The van der Waals surface area contributed by atoms with Gasteiger partial charge in [0.25, 0.3) is 0 Å². The van der Waals surface area contributed by atoms with Crippen LogP contribution in [-0.4, -0.2) is 29.4 Å². The van der Waals surface area contributed by atoms with Crippen LogP contribution in [0.25, 0.3) is 0 Å². The van der Waals surface area contributed by atoms with Crippen LogP contribution in [-0.2, 0) is 11.3 Å². The van der Waals surface area contributed by atoms with Crippen molar-refractivity contribution < 1.29 is 9.21 Å². The Morgan fingerprint density at radius 3 is 2.95 bits per heavy atom. The molecule has 1 aromatic heterocycles. The lowest BCUT2D eigenvalue weighted by Crippen LogP contribution is -2.46. The summed E-state index contributed by atoms with van der Waals surface area (Å²) in [5.74, 6) is 1.15. The highest BCUT2D eigenvalue weighted by Crippen LogP contribution is 2.29. The zero-order valence-electron chi connectivity index (χ0n) is 11.3. The summed E-state index contributed by atoms with van der Waals surface area (Å²) in [5, 5.41) is 3.40. The van der Waals surface area contributed by atoms with Crippen molar-refractivity contribution in [2.75, 3.05) is 6.54 Å². The lowest BCUT2D eigenvalue weighted by atomic mass is 10.1. The number of hydrogen-bond acceptors (Lipinski definition) is 3. The first-order valence-electron chi connectivity index (χ1n) is 7.41. The van der Waals surface area contributed by atoms with Gasteiger partial charge < -0.3 is 14.6 Å². The summed E-state index contributed by atoms with van der Waals surface area (Å²) in [6.07, 6.45) is 8.50. The second-order valence-corrected chi connectivity index (χ2v) is 5.63. The van der Waals surface area contributed by atoms with Crippen LogP contribution >= 0.6 is 0 Å². The maximum atomic E-state index is 12.7. The highest BCUT2D eigenvalue weighted by Gasteiger charge is 2.36. The molecule has 0 radical (unpaired) electrons. The first-order valence-corrected chi connectivity index (χ1v) is 7.41. The van der Waals surface area contributed by atoms with Crippen LogP contribution in [0, 0.1) is 0 Å². The van der Waals surface area contributed by atoms with Crippen molar-refractivity contribution in [1.29, 1.82) is 0 Å². The van der Waals surface area contributed by atoms with E-state index in [1.54, 1.807) is 6.26 Å². The summed E-state index contributed by atoms with van der Waals surface area (Å²) < 4.78 is 5.39. The van der Waals surface area contributed by atoms with E-state index in [-0.39, 0.29) is 11.9 Å². The van der Waals surface area contributed by atoms with E-state index in [1.807, 2.05) is 17.0 Å². The molecule has 1 aliphatic carbocycles. The van der Waals surface area contributed by atoms with Crippen molar-refractivity contribution in [3.05, 3.63) is 24.2 Å². The third-order valence-corrected chi connectivity index (χ3v) is 4.04. The van der Waals surface area contributed by atoms with Crippen molar-refractivity contribution in [2.45, 2.75) is 57.2 Å². The van der Waals surface area contributed by atoms with Gasteiger partial charge in [-0.1, -0.05) is 12.8 Å². The van der Waals surface area contributed by atoms with Gasteiger partial charge in [-0.25, -0.2) is 0 Å². The van der Waals surface area contributed by atoms with Gasteiger partial charge in [-0.2, -0.15) is 0 Å². The largest absolute Gasteiger partial charge is 0.467 e. The zero-order chi connectivity index (χ0) is 13.1. The molecule has 4 nitrogen and oxygen atoms in total. The number of carbonyl (C=O) groups excluding carboxylic acids is 1. The Morgan fingerprint density at radius 1 is 1.32 bits per heavy atom. The Bertz CT molecular complexity index is 404. The summed E-state index contributed by atoms with van der Waals surface area (Å²) in [7, 11) is 0. The maximum Gasteiger partial charge on any atom is 0.240 e. The number of furan rings is 1. The van der Waals surface area contributed by atoms with E-state index in [2.05, 4.69) is 5.32 Å². The highest BCUT2D eigenvalue weighted by atomic mass is 16.3. The summed E-state index contributed by atoms with van der Waals surface area (Å²) in [6, 6.07) is 4.28. The molecule has 1 aliphatic heterocycles. The Kier molecular flexibility index (Phi) is 3.87. The van der Waals surface area contributed by atoms with Crippen LogP contribution in [0.15, 0.2) is 22.8 Å². The zero-order valence-corrected chi connectivity index (χ0v) is 11.3. The molecule has 19 heavy (non-hydrogen) atoms. The van der Waals surface area contributed by atoms with E-state index in [9.17, 15) is 4.79 Å². The highest BCUT2D eigenvalue weighted by molar-refractivity contribution is 5.82. The summed E-state index contributed by atoms with van der Waals surface area (Å²) >= 11 is 0. The minimum atomic E-state index is 0.0121. The van der Waals surface area contributed by atoms with Crippen molar-refractivity contribution in [2.24, 2.45) is 0 Å². The van der Waals surface area contributed by atoms with Gasteiger partial charge in [-0.15, -0.1) is 0 Å². The first kappa shape index (κ1) is 12.7. The monoisotopic (exact) mass is 262 g/mol. The average Bonchev–Trinajstić information content (AvgIpc) is 3.19. The maximum absolute atomic E-state index is 12.7. The van der Waals surface area contributed by atoms with Gasteiger partial charge in [-0.3, -0.25) is 4.79 Å². The molecule has 2 heterocycles. The van der Waals surface area contributed by atoms with Crippen LogP contribution in [0.5, 0.6) is 0 Å². The van der Waals surface area contributed by atoms with Gasteiger partial charge in [0.2, 0.25) is 5.91 Å². The molecule has 1 saturated heterocycles. The van der Waals surface area contributed by atoms with Crippen molar-refractivity contribution in [1.82, 2.24) is 10.2 Å². The predicted molar refractivity (Wildman–Crippen MR) is 72.5 cm³/mol. The fourth-order valence-electron chi connectivity index (χ4n) is 2.78. The molecule has 3 rings (SSSR count). The normalized spacial score (nSPS) is 23.9. The molecule has 1 amide bonds. The number of carbonyl (C=O) groups is 1. The van der Waals surface area contributed by atoms with Gasteiger partial charge >= 0.3 is 0 Å². The van der Waals surface area contributed by atoms with Gasteiger partial charge in [0.1, 0.15) is 5.76 Å². The third-order valence-electron chi connectivity index (χ3n) is 4.04. The quantitative estimate of drug-likeness (QED) is 0.905. The molecule has 1 unspecified atom stereocenters. The van der Waals surface area contributed by atoms with Crippen LogP contribution in [0.3, 0.4) is 0 Å². The fourth-order valence-corrected chi connectivity index (χ4v) is 2.78. The number of nitrogens with zero attached hydrogens (tertiary/aromatic N) is 1. The minimum absolute atomic E-state index is 0.0121. The second kappa shape index (κ2) is 5.78.